The first kappa shape index (κ1) is 16.0. The fraction of sp³-hybridized carbons (Fsp3) is 0.350. The SMILES string of the molecule is CN(C)c1ccc(C2=CCN3C=C(N4CCNCC4)C=CC3=N2)cc1. The van der Waals surface area contributed by atoms with Gasteiger partial charge in [-0.15, -0.1) is 0 Å². The van der Waals surface area contributed by atoms with Crippen LogP contribution in [-0.2, 0) is 0 Å². The number of benzene rings is 1. The molecule has 0 saturated carbocycles. The van der Waals surface area contributed by atoms with Crippen LogP contribution in [-0.4, -0.2) is 62.5 Å². The maximum atomic E-state index is 4.86. The predicted molar refractivity (Wildman–Crippen MR) is 105 cm³/mol. The van der Waals surface area contributed by atoms with Crippen molar-refractivity contribution in [1.29, 1.82) is 0 Å². The molecule has 1 N–H and O–H groups in total. The van der Waals surface area contributed by atoms with Crippen molar-refractivity contribution in [1.82, 2.24) is 15.1 Å². The largest absolute Gasteiger partial charge is 0.378 e. The minimum atomic E-state index is 0.865. The van der Waals surface area contributed by atoms with Gasteiger partial charge >= 0.3 is 0 Å². The van der Waals surface area contributed by atoms with E-state index in [1.807, 2.05) is 0 Å². The fourth-order valence-electron chi connectivity index (χ4n) is 3.35. The molecule has 0 aliphatic carbocycles. The second kappa shape index (κ2) is 6.76. The number of hydrogen-bond acceptors (Lipinski definition) is 5. The molecule has 3 heterocycles. The van der Waals surface area contributed by atoms with Crippen LogP contribution in [0.5, 0.6) is 0 Å². The molecule has 25 heavy (non-hydrogen) atoms. The first-order valence-corrected chi connectivity index (χ1v) is 8.89. The summed E-state index contributed by atoms with van der Waals surface area (Å²) in [5.41, 5.74) is 4.71. The number of anilines is 1. The molecule has 0 spiro atoms. The van der Waals surface area contributed by atoms with E-state index < -0.39 is 0 Å². The van der Waals surface area contributed by atoms with Gasteiger partial charge in [-0.2, -0.15) is 0 Å². The maximum absolute atomic E-state index is 4.86. The first-order valence-electron chi connectivity index (χ1n) is 8.89. The molecule has 1 aromatic carbocycles. The van der Waals surface area contributed by atoms with Crippen molar-refractivity contribution in [2.45, 2.75) is 0 Å². The number of nitrogens with zero attached hydrogens (tertiary/aromatic N) is 4. The van der Waals surface area contributed by atoms with Gasteiger partial charge in [0, 0.05) is 64.3 Å². The van der Waals surface area contributed by atoms with Crippen LogP contribution in [0, 0.1) is 0 Å². The number of piperazine rings is 1. The van der Waals surface area contributed by atoms with E-state index in [4.69, 9.17) is 4.99 Å². The van der Waals surface area contributed by atoms with Gasteiger partial charge in [0.05, 0.1) is 11.4 Å². The van der Waals surface area contributed by atoms with Crippen LogP contribution in [0.25, 0.3) is 5.70 Å². The number of rotatable bonds is 3. The van der Waals surface area contributed by atoms with Crippen LogP contribution in [0.1, 0.15) is 5.56 Å². The molecule has 4 rings (SSSR count). The highest BCUT2D eigenvalue weighted by Gasteiger charge is 2.20. The van der Waals surface area contributed by atoms with Gasteiger partial charge < -0.3 is 20.0 Å². The molecule has 0 atom stereocenters. The summed E-state index contributed by atoms with van der Waals surface area (Å²) in [6, 6.07) is 8.58. The number of fused-ring (bicyclic) bond motifs is 1. The topological polar surface area (TPSA) is 34.1 Å². The maximum Gasteiger partial charge on any atom is 0.133 e. The lowest BCUT2D eigenvalue weighted by atomic mass is 10.1. The number of amidine groups is 1. The van der Waals surface area contributed by atoms with E-state index in [1.54, 1.807) is 0 Å². The zero-order valence-corrected chi connectivity index (χ0v) is 14.9. The number of hydrogen-bond donors (Lipinski definition) is 1. The Morgan fingerprint density at radius 2 is 1.80 bits per heavy atom. The van der Waals surface area contributed by atoms with Crippen molar-refractivity contribution in [3.63, 3.8) is 0 Å². The molecule has 1 saturated heterocycles. The number of nitrogens with one attached hydrogen (secondary N) is 1. The number of aliphatic imine (C=N–C) groups is 1. The molecule has 0 bridgehead atoms. The third kappa shape index (κ3) is 3.33. The highest BCUT2D eigenvalue weighted by atomic mass is 15.2. The van der Waals surface area contributed by atoms with E-state index in [-0.39, 0.29) is 0 Å². The van der Waals surface area contributed by atoms with Crippen molar-refractivity contribution in [2.75, 3.05) is 51.7 Å². The van der Waals surface area contributed by atoms with Gasteiger partial charge in [0.1, 0.15) is 5.84 Å². The molecular weight excluding hydrogens is 310 g/mol. The van der Waals surface area contributed by atoms with Crippen LogP contribution in [0.3, 0.4) is 0 Å². The molecule has 5 nitrogen and oxygen atoms in total. The zero-order chi connectivity index (χ0) is 17.2. The van der Waals surface area contributed by atoms with Crippen molar-refractivity contribution < 1.29 is 0 Å². The highest BCUT2D eigenvalue weighted by Crippen LogP contribution is 2.25. The smallest absolute Gasteiger partial charge is 0.133 e. The summed E-state index contributed by atoms with van der Waals surface area (Å²) in [6.45, 7) is 5.10. The standard InChI is InChI=1S/C20H25N5/c1-23(2)17-5-3-16(4-6-17)19-9-12-25-15-18(7-8-20(25)22-19)24-13-10-21-11-14-24/h3-9,15,21H,10-14H2,1-2H3. The lowest BCUT2D eigenvalue weighted by molar-refractivity contribution is 0.302. The Hall–Kier alpha value is -2.53. The van der Waals surface area contributed by atoms with E-state index >= 15 is 0 Å². The summed E-state index contributed by atoms with van der Waals surface area (Å²) in [5, 5.41) is 3.40. The summed E-state index contributed by atoms with van der Waals surface area (Å²) in [7, 11) is 4.12. The van der Waals surface area contributed by atoms with Crippen LogP contribution >= 0.6 is 0 Å². The van der Waals surface area contributed by atoms with E-state index in [9.17, 15) is 0 Å². The molecule has 130 valence electrons. The average Bonchev–Trinajstić information content (AvgIpc) is 2.68. The Bertz CT molecular complexity index is 749. The lowest BCUT2D eigenvalue weighted by Crippen LogP contribution is -2.44. The molecule has 0 amide bonds. The Balaban J connectivity index is 1.50. The quantitative estimate of drug-likeness (QED) is 0.918. The minimum absolute atomic E-state index is 0.865. The van der Waals surface area contributed by atoms with E-state index in [0.717, 1.165) is 44.3 Å². The molecule has 3 aliphatic rings. The highest BCUT2D eigenvalue weighted by molar-refractivity contribution is 6.00. The zero-order valence-electron chi connectivity index (χ0n) is 14.9. The third-order valence-electron chi connectivity index (χ3n) is 4.86. The van der Waals surface area contributed by atoms with Crippen LogP contribution in [0.2, 0.25) is 0 Å². The van der Waals surface area contributed by atoms with Crippen LogP contribution in [0.15, 0.2) is 59.4 Å². The normalized spacial score (nSPS) is 19.8. The summed E-state index contributed by atoms with van der Waals surface area (Å²) in [6.07, 6.45) is 8.77. The molecule has 1 fully saturated rings. The van der Waals surface area contributed by atoms with Gasteiger partial charge in [-0.05, 0) is 30.4 Å². The average molecular weight is 335 g/mol. The molecule has 1 aromatic rings. The lowest BCUT2D eigenvalue weighted by Gasteiger charge is -2.34. The monoisotopic (exact) mass is 335 g/mol. The van der Waals surface area contributed by atoms with Crippen LogP contribution < -0.4 is 10.2 Å². The van der Waals surface area contributed by atoms with Crippen molar-refractivity contribution >= 4 is 17.2 Å². The molecular formula is C20H25N5. The van der Waals surface area contributed by atoms with E-state index in [2.05, 4.69) is 82.8 Å². The Kier molecular flexibility index (Phi) is 4.32. The molecule has 5 heteroatoms. The Morgan fingerprint density at radius 3 is 2.52 bits per heavy atom. The Labute approximate surface area is 149 Å². The summed E-state index contributed by atoms with van der Waals surface area (Å²) in [5.74, 6) is 1.02. The number of allylic oxidation sites excluding steroid dienone is 1. The summed E-state index contributed by atoms with van der Waals surface area (Å²) < 4.78 is 0. The van der Waals surface area contributed by atoms with Crippen LogP contribution in [0.4, 0.5) is 5.69 Å². The predicted octanol–water partition coefficient (Wildman–Crippen LogP) is 2.12. The van der Waals surface area contributed by atoms with Crippen molar-refractivity contribution in [3.8, 4) is 0 Å². The third-order valence-corrected chi connectivity index (χ3v) is 4.86. The minimum Gasteiger partial charge on any atom is -0.378 e. The fourth-order valence-corrected chi connectivity index (χ4v) is 3.35. The Morgan fingerprint density at radius 1 is 1.04 bits per heavy atom. The van der Waals surface area contributed by atoms with Gasteiger partial charge in [-0.25, -0.2) is 4.99 Å². The van der Waals surface area contributed by atoms with Gasteiger partial charge in [-0.1, -0.05) is 12.1 Å². The second-order valence-electron chi connectivity index (χ2n) is 6.78. The first-order chi connectivity index (χ1) is 12.2. The van der Waals surface area contributed by atoms with Crippen molar-refractivity contribution in [3.05, 3.63) is 60.0 Å². The van der Waals surface area contributed by atoms with Gasteiger partial charge in [0.25, 0.3) is 0 Å². The van der Waals surface area contributed by atoms with E-state index in [0.29, 0.717) is 0 Å². The molecule has 0 aromatic heterocycles. The van der Waals surface area contributed by atoms with Crippen molar-refractivity contribution in [2.24, 2.45) is 4.99 Å². The van der Waals surface area contributed by atoms with E-state index in [1.165, 1.54) is 16.9 Å². The molecule has 0 unspecified atom stereocenters. The summed E-state index contributed by atoms with van der Waals surface area (Å²) >= 11 is 0. The molecule has 0 radical (unpaired) electrons. The van der Waals surface area contributed by atoms with Gasteiger partial charge in [-0.3, -0.25) is 0 Å². The van der Waals surface area contributed by atoms with Gasteiger partial charge in [0.15, 0.2) is 0 Å². The van der Waals surface area contributed by atoms with Gasteiger partial charge in [0.2, 0.25) is 0 Å². The summed E-state index contributed by atoms with van der Waals surface area (Å²) in [4.78, 5) is 11.6. The second-order valence-corrected chi connectivity index (χ2v) is 6.78. The molecule has 3 aliphatic heterocycles.